The molecule has 4 aromatic rings. The summed E-state index contributed by atoms with van der Waals surface area (Å²) in [6.07, 6.45) is -11.3. The van der Waals surface area contributed by atoms with Crippen molar-refractivity contribution in [2.24, 2.45) is 11.5 Å². The topological polar surface area (TPSA) is 682 Å². The van der Waals surface area contributed by atoms with Crippen LogP contribution in [-0.4, -0.2) is 238 Å². The summed E-state index contributed by atoms with van der Waals surface area (Å²) in [6.45, 7) is -3.81. The number of hydrogen-bond acceptors (Lipinski definition) is 35. The number of primary amides is 2. The molecule has 6 aliphatic heterocycles. The van der Waals surface area contributed by atoms with E-state index < -0.39 is 176 Å². The number of aliphatic hydroxyl groups excluding tert-OH is 7. The van der Waals surface area contributed by atoms with Gasteiger partial charge in [-0.2, -0.15) is 8.62 Å². The number of phosphoric acid groups is 5. The summed E-state index contributed by atoms with van der Waals surface area (Å²) in [5.74, 6) is -1.45. The second-order valence-electron chi connectivity index (χ2n) is 20.3. The highest BCUT2D eigenvalue weighted by Crippen LogP contribution is 2.62. The number of imidazole rings is 2. The van der Waals surface area contributed by atoms with Crippen LogP contribution >= 0.6 is 39.1 Å². The van der Waals surface area contributed by atoms with Crippen LogP contribution in [0, 0.1) is 0 Å². The number of anilines is 2. The molecule has 6 aliphatic rings. The van der Waals surface area contributed by atoms with E-state index >= 15 is 0 Å². The van der Waals surface area contributed by atoms with Crippen LogP contribution < -0.4 is 22.9 Å². The number of carbonyl (C=O) groups excluding carboxylic acids is 2. The van der Waals surface area contributed by atoms with Gasteiger partial charge in [0, 0.05) is 35.9 Å². The van der Waals surface area contributed by atoms with Gasteiger partial charge in [0.15, 0.2) is 47.8 Å². The zero-order valence-electron chi connectivity index (χ0n) is 46.4. The normalized spacial score (nSPS) is 32.6. The predicted octanol–water partition coefficient (Wildman–Crippen LogP) is -5.26. The highest BCUT2D eigenvalue weighted by Gasteiger charge is 2.53. The molecule has 0 aliphatic carbocycles. The van der Waals surface area contributed by atoms with E-state index in [1.165, 1.54) is 51.6 Å². The molecule has 0 spiro atoms. The van der Waals surface area contributed by atoms with Gasteiger partial charge in [-0.25, -0.2) is 52.7 Å². The van der Waals surface area contributed by atoms with Gasteiger partial charge in [-0.3, -0.25) is 41.3 Å². The quantitative estimate of drug-likeness (QED) is 0.0292. The van der Waals surface area contributed by atoms with Crippen molar-refractivity contribution in [3.63, 3.8) is 0 Å². The molecule has 21 N–H and O–H groups in total. The predicted molar refractivity (Wildman–Crippen MR) is 295 cm³/mol. The molecule has 4 fully saturated rings. The monoisotopic (exact) mass is 1410 g/mol. The summed E-state index contributed by atoms with van der Waals surface area (Å²) >= 11 is 0. The van der Waals surface area contributed by atoms with Gasteiger partial charge in [-0.1, -0.05) is 12.2 Å². The van der Waals surface area contributed by atoms with Crippen LogP contribution in [0.1, 0.15) is 25.3 Å². The van der Waals surface area contributed by atoms with E-state index in [0.29, 0.717) is 0 Å². The van der Waals surface area contributed by atoms with Crippen molar-refractivity contribution >= 4 is 84.9 Å². The number of carbonyl (C=O) groups is 2. The van der Waals surface area contributed by atoms with Crippen molar-refractivity contribution in [3.05, 3.63) is 73.4 Å². The Morgan fingerprint density at radius 1 is 0.489 bits per heavy atom. The van der Waals surface area contributed by atoms with Gasteiger partial charge in [-0.05, 0) is 12.8 Å². The summed E-state index contributed by atoms with van der Waals surface area (Å²) in [6, 6.07) is 0. The molecule has 0 saturated carbocycles. The van der Waals surface area contributed by atoms with E-state index in [4.69, 9.17) is 60.0 Å². The third-order valence-corrected chi connectivity index (χ3v) is 19.7. The summed E-state index contributed by atoms with van der Waals surface area (Å²) in [7, 11) is -27.0. The Bertz CT molecular complexity index is 3770. The SMILES string of the molecule is NC(=O)C1=CN([C@@H]2O[C@H](COP(=O)(O)OP(=O)(O)OC[C@H]3O[C@@H](n4cnc5c(N)ncnc54)[C@H](O)[C@@H]3O)[C@@H](O)[C@H]2O)C=CC1.NC(=O)C1=CN([C@@H]2O[C@H](COP(=O)(O)OP(=O)(O)OC[C@H]3O[C@@H](n4cnc5c(N)ncnc54)[C@H](OP(=O)(O)O)[C@@H]3O)[C@@H](O)[C@H]2O)C=CC1. The number of rotatable bonds is 24. The highest BCUT2D eigenvalue weighted by atomic mass is 31.3. The molecule has 20 atom stereocenters. The zero-order chi connectivity index (χ0) is 67.2. The van der Waals surface area contributed by atoms with E-state index in [1.54, 1.807) is 6.08 Å². The Labute approximate surface area is 513 Å². The van der Waals surface area contributed by atoms with E-state index in [0.717, 1.165) is 23.5 Å². The molecule has 50 heteroatoms. The van der Waals surface area contributed by atoms with Gasteiger partial charge in [0.05, 0.1) is 39.1 Å². The van der Waals surface area contributed by atoms with Gasteiger partial charge >= 0.3 is 39.1 Å². The Morgan fingerprint density at radius 3 is 1.20 bits per heavy atom. The van der Waals surface area contributed by atoms with Crippen LogP contribution in [0.15, 0.2) is 73.4 Å². The smallest absolute Gasteiger partial charge is 0.387 e. The Morgan fingerprint density at radius 2 is 0.826 bits per heavy atom. The van der Waals surface area contributed by atoms with Crippen LogP contribution in [0.2, 0.25) is 0 Å². The largest absolute Gasteiger partial charge is 0.481 e. The number of aromatic nitrogens is 8. The van der Waals surface area contributed by atoms with Crippen LogP contribution in [0.3, 0.4) is 0 Å². The van der Waals surface area contributed by atoms with Crippen molar-refractivity contribution in [2.45, 2.75) is 111 Å². The second kappa shape index (κ2) is 28.0. The minimum atomic E-state index is -5.52. The number of phosphoric ester groups is 5. The van der Waals surface area contributed by atoms with Gasteiger partial charge in [0.25, 0.3) is 0 Å². The molecule has 0 radical (unpaired) electrons. The van der Waals surface area contributed by atoms with Crippen molar-refractivity contribution in [1.82, 2.24) is 48.8 Å². The van der Waals surface area contributed by atoms with Crippen molar-refractivity contribution < 1.29 is 148 Å². The fraction of sp³-hybridized carbons (Fsp3) is 0.524. The first-order valence-electron chi connectivity index (χ1n) is 26.2. The molecular weight excluding hydrogens is 1350 g/mol. The maximum Gasteiger partial charge on any atom is 0.481 e. The number of ether oxygens (including phenoxy) is 4. The summed E-state index contributed by atoms with van der Waals surface area (Å²) < 4.78 is 118. The van der Waals surface area contributed by atoms with Crippen LogP contribution in [-0.2, 0) is 82.6 Å². The molecular formula is C42H59N14O31P5. The van der Waals surface area contributed by atoms with Crippen LogP contribution in [0.4, 0.5) is 11.6 Å². The molecule has 45 nitrogen and oxygen atoms in total. The molecule has 0 bridgehead atoms. The third kappa shape index (κ3) is 16.4. The molecule has 10 rings (SSSR count). The lowest BCUT2D eigenvalue weighted by Crippen LogP contribution is -2.40. The zero-order valence-corrected chi connectivity index (χ0v) is 50.9. The number of nitrogens with two attached hydrogens (primary N) is 4. The fourth-order valence-corrected chi connectivity index (χ4v) is 14.3. The number of nitrogen functional groups attached to an aromatic ring is 2. The maximum absolute atomic E-state index is 12.6. The number of aliphatic hydroxyl groups is 7. The standard InChI is InChI=1S/C21H30N7O17P3.C21H29N7O14P2/c22-17-12-19(25-7-24-17)28(8-26-12)21-16(44-46(33,34)35)14(30)11(43-21)6-41-48(38,39)45-47(36,37)40-5-10-13(29)15(31)20(42-10)27-3-1-2-9(4-27)18(23)32;22-17-12-19(25-7-24-17)28(8-26-12)21-16(32)14(30)11(41-21)6-39-44(36,37)42-43(34,35)38-5-10-13(29)15(31)20(40-10)27-3-1-2-9(4-27)18(23)33/h1,3-4,7-8,10-11,13-16,20-21,29-31H,2,5-6H2,(H2,23,32)(H,36,37)(H,38,39)(H2,22,24,25)(H2,33,34,35);1,3-4,7-8,10-11,13-16,20-21,29-32H,2,5-6H2,(H2,23,33)(H,34,35)(H,36,37)(H2,22,24,25)/t2*10-,11-,13-,14-,15-,16-,20-,21-/m11/s1. The summed E-state index contributed by atoms with van der Waals surface area (Å²) in [4.78, 5) is 108. The molecule has 4 aromatic heterocycles. The minimum absolute atomic E-state index is 0.00424. The minimum Gasteiger partial charge on any atom is -0.387 e. The third-order valence-electron chi connectivity index (χ3n) is 14.0. The number of fused-ring (bicyclic) bond motifs is 2. The molecule has 4 unspecified atom stereocenters. The summed E-state index contributed by atoms with van der Waals surface area (Å²) in [5.41, 5.74) is 22.8. The summed E-state index contributed by atoms with van der Waals surface area (Å²) in [5, 5.41) is 73.2. The lowest BCUT2D eigenvalue weighted by molar-refractivity contribution is -0.115. The Balaban J connectivity index is 0.000000218. The first kappa shape index (κ1) is 70.7. The van der Waals surface area contributed by atoms with Gasteiger partial charge < -0.3 is 117 Å². The lowest BCUT2D eigenvalue weighted by atomic mass is 10.1. The van der Waals surface area contributed by atoms with Crippen LogP contribution in [0.25, 0.3) is 22.3 Å². The molecule has 92 heavy (non-hydrogen) atoms. The molecule has 10 heterocycles. The number of nitrogens with zero attached hydrogens (tertiary/aromatic N) is 10. The average Bonchev–Trinajstić information content (AvgIpc) is 1.63. The van der Waals surface area contributed by atoms with Crippen molar-refractivity contribution in [2.75, 3.05) is 37.9 Å². The Kier molecular flexibility index (Phi) is 21.5. The van der Waals surface area contributed by atoms with Gasteiger partial charge in [0.2, 0.25) is 11.8 Å². The second-order valence-corrected chi connectivity index (χ2v) is 27.5. The van der Waals surface area contributed by atoms with E-state index in [9.17, 15) is 97.5 Å². The highest BCUT2D eigenvalue weighted by molar-refractivity contribution is 7.61. The Hall–Kier alpha value is -5.61. The number of hydrogen-bond donors (Lipinski definition) is 17. The average molecular weight is 1410 g/mol. The van der Waals surface area contributed by atoms with Gasteiger partial charge in [-0.15, -0.1) is 0 Å². The lowest BCUT2D eigenvalue weighted by Gasteiger charge is -2.28. The molecule has 4 saturated heterocycles. The van der Waals surface area contributed by atoms with E-state index in [1.807, 2.05) is 0 Å². The molecule has 2 amide bonds. The van der Waals surface area contributed by atoms with E-state index in [-0.39, 0.29) is 58.0 Å². The number of allylic oxidation sites excluding steroid dienone is 2. The van der Waals surface area contributed by atoms with Gasteiger partial charge in [0.1, 0.15) is 96.9 Å². The molecule has 508 valence electrons. The first-order chi connectivity index (χ1) is 43.0. The first-order valence-corrected chi connectivity index (χ1v) is 33.7. The fourth-order valence-electron chi connectivity index (χ4n) is 9.61. The molecule has 0 aromatic carbocycles. The maximum atomic E-state index is 12.6. The number of amides is 2. The van der Waals surface area contributed by atoms with Crippen LogP contribution in [0.5, 0.6) is 0 Å². The van der Waals surface area contributed by atoms with E-state index in [2.05, 4.69) is 43.0 Å². The van der Waals surface area contributed by atoms with Crippen molar-refractivity contribution in [1.29, 1.82) is 0 Å². The van der Waals surface area contributed by atoms with Crippen molar-refractivity contribution in [3.8, 4) is 0 Å².